The highest BCUT2D eigenvalue weighted by Crippen LogP contribution is 2.26. The summed E-state index contributed by atoms with van der Waals surface area (Å²) in [5, 5.41) is 6.82. The van der Waals surface area contributed by atoms with Crippen LogP contribution in [0.5, 0.6) is 0 Å². The Morgan fingerprint density at radius 2 is 2.06 bits per heavy atom. The number of hydrogen-bond donors (Lipinski definition) is 1. The van der Waals surface area contributed by atoms with E-state index in [1.54, 1.807) is 18.2 Å². The van der Waals surface area contributed by atoms with Gasteiger partial charge in [-0.1, -0.05) is 0 Å². The van der Waals surface area contributed by atoms with Crippen molar-refractivity contribution in [1.82, 2.24) is 10.2 Å². The number of nitrogens with zero attached hydrogens (tertiary/aromatic N) is 1. The van der Waals surface area contributed by atoms with Gasteiger partial charge in [-0.2, -0.15) is 5.10 Å². The Labute approximate surface area is 94.7 Å². The fourth-order valence-electron chi connectivity index (χ4n) is 1.62. The van der Waals surface area contributed by atoms with E-state index in [2.05, 4.69) is 10.2 Å². The normalized spacial score (nSPS) is 10.9. The van der Waals surface area contributed by atoms with E-state index in [1.807, 2.05) is 0 Å². The minimum Gasteiger partial charge on any atom is -0.454 e. The first-order valence-electron chi connectivity index (χ1n) is 4.97. The molecule has 2 heterocycles. The first-order chi connectivity index (χ1) is 8.22. The number of benzene rings is 1. The van der Waals surface area contributed by atoms with Crippen molar-refractivity contribution in [2.75, 3.05) is 0 Å². The quantitative estimate of drug-likeness (QED) is 0.697. The highest BCUT2D eigenvalue weighted by Gasteiger charge is 2.08. The van der Waals surface area contributed by atoms with E-state index in [1.165, 1.54) is 18.2 Å². The van der Waals surface area contributed by atoms with Gasteiger partial charge in [0.2, 0.25) is 0 Å². The summed E-state index contributed by atoms with van der Waals surface area (Å²) < 4.78 is 18.5. The van der Waals surface area contributed by atoms with Gasteiger partial charge in [0.15, 0.2) is 5.76 Å². The van der Waals surface area contributed by atoms with Gasteiger partial charge in [-0.3, -0.25) is 4.79 Å². The van der Waals surface area contributed by atoms with Crippen molar-refractivity contribution in [2.45, 2.75) is 0 Å². The van der Waals surface area contributed by atoms with Gasteiger partial charge >= 0.3 is 0 Å². The van der Waals surface area contributed by atoms with E-state index in [0.29, 0.717) is 22.4 Å². The van der Waals surface area contributed by atoms with Crippen LogP contribution < -0.4 is 5.56 Å². The molecule has 0 atom stereocenters. The Morgan fingerprint density at radius 3 is 2.82 bits per heavy atom. The summed E-state index contributed by atoms with van der Waals surface area (Å²) in [5.74, 6) is 0.168. The fraction of sp³-hybridized carbons (Fsp3) is 0. The van der Waals surface area contributed by atoms with Crippen LogP contribution in [-0.4, -0.2) is 10.2 Å². The Morgan fingerprint density at radius 1 is 1.18 bits per heavy atom. The number of furan rings is 1. The zero-order chi connectivity index (χ0) is 11.8. The molecule has 5 heteroatoms. The smallest absolute Gasteiger partial charge is 0.264 e. The van der Waals surface area contributed by atoms with E-state index in [-0.39, 0.29) is 11.4 Å². The van der Waals surface area contributed by atoms with Crippen LogP contribution in [0.3, 0.4) is 0 Å². The molecule has 1 N–H and O–H groups in total. The highest BCUT2D eigenvalue weighted by atomic mass is 19.1. The summed E-state index contributed by atoms with van der Waals surface area (Å²) in [5.41, 5.74) is 0.798. The van der Waals surface area contributed by atoms with E-state index in [0.717, 1.165) is 0 Å². The number of rotatable bonds is 1. The lowest BCUT2D eigenvalue weighted by molar-refractivity contribution is 0.617. The van der Waals surface area contributed by atoms with Crippen LogP contribution in [0.4, 0.5) is 4.39 Å². The molecule has 4 nitrogen and oxygen atoms in total. The van der Waals surface area contributed by atoms with Crippen LogP contribution in [0.1, 0.15) is 0 Å². The first kappa shape index (κ1) is 9.77. The first-order valence-corrected chi connectivity index (χ1v) is 4.97. The molecule has 1 aromatic carbocycles. The summed E-state index contributed by atoms with van der Waals surface area (Å²) in [4.78, 5) is 10.9. The molecule has 0 amide bonds. The third kappa shape index (κ3) is 1.71. The third-order valence-corrected chi connectivity index (χ3v) is 2.41. The lowest BCUT2D eigenvalue weighted by Crippen LogP contribution is -2.05. The molecule has 0 radical (unpaired) electrons. The minimum absolute atomic E-state index is 0.282. The molecule has 3 rings (SSSR count). The van der Waals surface area contributed by atoms with Gasteiger partial charge in [-0.25, -0.2) is 9.49 Å². The molecule has 0 aliphatic carbocycles. The van der Waals surface area contributed by atoms with Crippen LogP contribution in [0, 0.1) is 5.82 Å². The molecule has 17 heavy (non-hydrogen) atoms. The molecular formula is C12H7FN2O2. The molecule has 0 aliphatic rings. The molecule has 0 saturated heterocycles. The lowest BCUT2D eigenvalue weighted by atomic mass is 10.2. The van der Waals surface area contributed by atoms with Gasteiger partial charge in [0.05, 0.1) is 0 Å². The van der Waals surface area contributed by atoms with Crippen molar-refractivity contribution in [1.29, 1.82) is 0 Å². The highest BCUT2D eigenvalue weighted by molar-refractivity contribution is 5.82. The SMILES string of the molecule is O=c1ccc(-c2cc3cc(F)ccc3o2)n[nH]1. The fourth-order valence-corrected chi connectivity index (χ4v) is 1.62. The lowest BCUT2D eigenvalue weighted by Gasteiger charge is -1.92. The number of halogens is 1. The molecule has 0 aliphatic heterocycles. The van der Waals surface area contributed by atoms with Crippen LogP contribution in [0.15, 0.2) is 45.6 Å². The summed E-state index contributed by atoms with van der Waals surface area (Å²) in [6.07, 6.45) is 0. The molecule has 0 fully saturated rings. The number of nitrogens with one attached hydrogen (secondary N) is 1. The van der Waals surface area contributed by atoms with Crippen LogP contribution in [-0.2, 0) is 0 Å². The average molecular weight is 230 g/mol. The topological polar surface area (TPSA) is 58.9 Å². The maximum Gasteiger partial charge on any atom is 0.264 e. The van der Waals surface area contributed by atoms with Gasteiger partial charge in [-0.15, -0.1) is 0 Å². The van der Waals surface area contributed by atoms with Crippen molar-refractivity contribution in [3.05, 3.63) is 52.6 Å². The van der Waals surface area contributed by atoms with Gasteiger partial charge in [0.1, 0.15) is 17.1 Å². The predicted octanol–water partition coefficient (Wildman–Crippen LogP) is 2.32. The van der Waals surface area contributed by atoms with E-state index < -0.39 is 0 Å². The maximum atomic E-state index is 13.0. The molecular weight excluding hydrogens is 223 g/mol. The average Bonchev–Trinajstić information content (AvgIpc) is 2.72. The second-order valence-electron chi connectivity index (χ2n) is 3.60. The van der Waals surface area contributed by atoms with Gasteiger partial charge in [0.25, 0.3) is 5.56 Å². The Hall–Kier alpha value is -2.43. The Balaban J connectivity index is 2.17. The van der Waals surface area contributed by atoms with Crippen molar-refractivity contribution < 1.29 is 8.81 Å². The molecule has 0 bridgehead atoms. The van der Waals surface area contributed by atoms with Crippen molar-refractivity contribution >= 4 is 11.0 Å². The molecule has 84 valence electrons. The van der Waals surface area contributed by atoms with E-state index in [9.17, 15) is 9.18 Å². The van der Waals surface area contributed by atoms with Crippen molar-refractivity contribution in [3.63, 3.8) is 0 Å². The summed E-state index contributed by atoms with van der Waals surface area (Å²) in [7, 11) is 0. The van der Waals surface area contributed by atoms with E-state index in [4.69, 9.17) is 4.42 Å². The summed E-state index contributed by atoms with van der Waals surface area (Å²) >= 11 is 0. The van der Waals surface area contributed by atoms with Gasteiger partial charge in [0, 0.05) is 11.5 Å². The predicted molar refractivity (Wildman–Crippen MR) is 60.0 cm³/mol. The third-order valence-electron chi connectivity index (χ3n) is 2.41. The molecule has 0 spiro atoms. The molecule has 2 aromatic heterocycles. The standard InChI is InChI=1S/C12H7FN2O2/c13-8-1-3-10-7(5-8)6-11(17-10)9-2-4-12(16)15-14-9/h1-6H,(H,15,16). The zero-order valence-corrected chi connectivity index (χ0v) is 8.61. The number of hydrogen-bond acceptors (Lipinski definition) is 3. The Kier molecular flexibility index (Phi) is 2.04. The number of fused-ring (bicyclic) bond motifs is 1. The summed E-state index contributed by atoms with van der Waals surface area (Å²) in [6.45, 7) is 0. The van der Waals surface area contributed by atoms with Crippen LogP contribution >= 0.6 is 0 Å². The van der Waals surface area contributed by atoms with E-state index >= 15 is 0 Å². The number of aromatic amines is 1. The van der Waals surface area contributed by atoms with Crippen LogP contribution in [0.25, 0.3) is 22.4 Å². The maximum absolute atomic E-state index is 13.0. The summed E-state index contributed by atoms with van der Waals surface area (Å²) in [6, 6.07) is 8.85. The second-order valence-corrected chi connectivity index (χ2v) is 3.60. The molecule has 3 aromatic rings. The Bertz CT molecular complexity index is 725. The monoisotopic (exact) mass is 230 g/mol. The number of H-pyrrole nitrogens is 1. The van der Waals surface area contributed by atoms with Crippen molar-refractivity contribution in [3.8, 4) is 11.5 Å². The largest absolute Gasteiger partial charge is 0.454 e. The van der Waals surface area contributed by atoms with Crippen molar-refractivity contribution in [2.24, 2.45) is 0 Å². The van der Waals surface area contributed by atoms with Crippen LogP contribution in [0.2, 0.25) is 0 Å². The number of aromatic nitrogens is 2. The molecule has 0 saturated carbocycles. The zero-order valence-electron chi connectivity index (χ0n) is 8.61. The van der Waals surface area contributed by atoms with Gasteiger partial charge < -0.3 is 4.42 Å². The minimum atomic E-state index is -0.320. The molecule has 0 unspecified atom stereocenters. The second kappa shape index (κ2) is 3.55. The van der Waals surface area contributed by atoms with Gasteiger partial charge in [-0.05, 0) is 30.3 Å².